The molecule has 1 aliphatic heterocycles. The first-order chi connectivity index (χ1) is 7.31. The average molecular weight is 245 g/mol. The molecule has 0 aliphatic carbocycles. The summed E-state index contributed by atoms with van der Waals surface area (Å²) in [6, 6.07) is 3.88. The van der Waals surface area contributed by atoms with Crippen molar-refractivity contribution >= 4 is 28.2 Å². The first-order valence-electron chi connectivity index (χ1n) is 4.91. The fourth-order valence-corrected chi connectivity index (χ4v) is 2.93. The van der Waals surface area contributed by atoms with Gasteiger partial charge in [0.05, 0.1) is 5.88 Å². The van der Waals surface area contributed by atoms with Crippen molar-refractivity contribution in [3.8, 4) is 0 Å². The summed E-state index contributed by atoms with van der Waals surface area (Å²) in [5.74, 6) is 2.89. The number of rotatable bonds is 2. The SMILES string of the molecule is O=S1CCN(c2ncccc2CCl)CC1. The van der Waals surface area contributed by atoms with E-state index in [1.165, 1.54) is 0 Å². The highest BCUT2D eigenvalue weighted by Crippen LogP contribution is 2.20. The van der Waals surface area contributed by atoms with Crippen LogP contribution in [0.3, 0.4) is 0 Å². The van der Waals surface area contributed by atoms with Gasteiger partial charge in [-0.25, -0.2) is 4.98 Å². The lowest BCUT2D eigenvalue weighted by Crippen LogP contribution is -2.38. The number of nitrogens with zero attached hydrogens (tertiary/aromatic N) is 2. The second kappa shape index (κ2) is 4.94. The number of anilines is 1. The first-order valence-corrected chi connectivity index (χ1v) is 6.93. The molecule has 15 heavy (non-hydrogen) atoms. The van der Waals surface area contributed by atoms with Crippen LogP contribution < -0.4 is 4.90 Å². The lowest BCUT2D eigenvalue weighted by atomic mass is 10.2. The van der Waals surface area contributed by atoms with Crippen LogP contribution in [0.5, 0.6) is 0 Å². The summed E-state index contributed by atoms with van der Waals surface area (Å²) in [7, 11) is -0.646. The van der Waals surface area contributed by atoms with Crippen LogP contribution >= 0.6 is 11.6 Å². The quantitative estimate of drug-likeness (QED) is 0.738. The van der Waals surface area contributed by atoms with Crippen LogP contribution in [0.4, 0.5) is 5.82 Å². The van der Waals surface area contributed by atoms with Crippen LogP contribution in [0.15, 0.2) is 18.3 Å². The molecule has 82 valence electrons. The van der Waals surface area contributed by atoms with Gasteiger partial charge in [-0.1, -0.05) is 6.07 Å². The minimum atomic E-state index is -0.646. The van der Waals surface area contributed by atoms with E-state index in [0.29, 0.717) is 5.88 Å². The monoisotopic (exact) mass is 244 g/mol. The van der Waals surface area contributed by atoms with Crippen molar-refractivity contribution in [3.63, 3.8) is 0 Å². The minimum Gasteiger partial charge on any atom is -0.355 e. The van der Waals surface area contributed by atoms with Gasteiger partial charge in [0.2, 0.25) is 0 Å². The Balaban J connectivity index is 2.18. The molecule has 0 aromatic carbocycles. The number of pyridine rings is 1. The zero-order chi connectivity index (χ0) is 10.7. The van der Waals surface area contributed by atoms with E-state index in [2.05, 4.69) is 9.88 Å². The summed E-state index contributed by atoms with van der Waals surface area (Å²) >= 11 is 5.85. The molecule has 0 amide bonds. The van der Waals surface area contributed by atoms with Gasteiger partial charge in [-0.15, -0.1) is 11.6 Å². The second-order valence-electron chi connectivity index (χ2n) is 3.45. The van der Waals surface area contributed by atoms with E-state index in [-0.39, 0.29) is 0 Å². The predicted octanol–water partition coefficient (Wildman–Crippen LogP) is 1.39. The molecule has 0 bridgehead atoms. The maximum Gasteiger partial charge on any atom is 0.132 e. The summed E-state index contributed by atoms with van der Waals surface area (Å²) < 4.78 is 11.2. The maximum absolute atomic E-state index is 11.2. The van der Waals surface area contributed by atoms with Gasteiger partial charge in [0, 0.05) is 47.2 Å². The molecule has 0 radical (unpaired) electrons. The smallest absolute Gasteiger partial charge is 0.132 e. The minimum absolute atomic E-state index is 0.475. The van der Waals surface area contributed by atoms with E-state index in [4.69, 9.17) is 11.6 Å². The van der Waals surface area contributed by atoms with Crippen molar-refractivity contribution in [3.05, 3.63) is 23.9 Å². The molecular weight excluding hydrogens is 232 g/mol. The van der Waals surface area contributed by atoms with Gasteiger partial charge in [0.1, 0.15) is 5.82 Å². The predicted molar refractivity (Wildman–Crippen MR) is 63.9 cm³/mol. The average Bonchev–Trinajstić information content (AvgIpc) is 2.30. The van der Waals surface area contributed by atoms with E-state index in [1.54, 1.807) is 6.20 Å². The third-order valence-corrected chi connectivity index (χ3v) is 4.05. The van der Waals surface area contributed by atoms with Gasteiger partial charge in [-0.05, 0) is 6.07 Å². The highest BCUT2D eigenvalue weighted by molar-refractivity contribution is 7.85. The molecule has 0 saturated carbocycles. The van der Waals surface area contributed by atoms with Crippen molar-refractivity contribution in [1.82, 2.24) is 4.98 Å². The van der Waals surface area contributed by atoms with Gasteiger partial charge < -0.3 is 4.90 Å². The molecule has 0 atom stereocenters. The molecular formula is C10H13ClN2OS. The summed E-state index contributed by atoms with van der Waals surface area (Å²) in [4.78, 5) is 6.51. The van der Waals surface area contributed by atoms with Gasteiger partial charge in [0.25, 0.3) is 0 Å². The largest absolute Gasteiger partial charge is 0.355 e. The summed E-state index contributed by atoms with van der Waals surface area (Å²) in [5.41, 5.74) is 1.05. The standard InChI is InChI=1S/C10H13ClN2OS/c11-8-9-2-1-3-12-10(9)13-4-6-15(14)7-5-13/h1-3H,4-8H2. The number of halogens is 1. The number of hydrogen-bond donors (Lipinski definition) is 0. The topological polar surface area (TPSA) is 33.2 Å². The second-order valence-corrected chi connectivity index (χ2v) is 5.42. The summed E-state index contributed by atoms with van der Waals surface area (Å²) in [5, 5.41) is 0. The Bertz CT molecular complexity index is 362. The Morgan fingerprint density at radius 3 is 2.87 bits per heavy atom. The van der Waals surface area contributed by atoms with Gasteiger partial charge in [0.15, 0.2) is 0 Å². The molecule has 0 unspecified atom stereocenters. The van der Waals surface area contributed by atoms with Crippen molar-refractivity contribution in [2.45, 2.75) is 5.88 Å². The van der Waals surface area contributed by atoms with E-state index < -0.39 is 10.8 Å². The fraction of sp³-hybridized carbons (Fsp3) is 0.500. The molecule has 1 aliphatic rings. The Kier molecular flexibility index (Phi) is 3.59. The van der Waals surface area contributed by atoms with Crippen LogP contribution in [-0.4, -0.2) is 33.8 Å². The molecule has 1 fully saturated rings. The summed E-state index contributed by atoms with van der Waals surface area (Å²) in [6.07, 6.45) is 1.77. The third kappa shape index (κ3) is 2.49. The molecule has 1 aromatic heterocycles. The van der Waals surface area contributed by atoms with Gasteiger partial charge in [-0.3, -0.25) is 4.21 Å². The zero-order valence-electron chi connectivity index (χ0n) is 8.36. The van der Waals surface area contributed by atoms with Gasteiger partial charge in [-0.2, -0.15) is 0 Å². The van der Waals surface area contributed by atoms with Crippen molar-refractivity contribution < 1.29 is 4.21 Å². The van der Waals surface area contributed by atoms with Crippen LogP contribution in [0.2, 0.25) is 0 Å². The molecule has 3 nitrogen and oxygen atoms in total. The van der Waals surface area contributed by atoms with Gasteiger partial charge >= 0.3 is 0 Å². The Morgan fingerprint density at radius 1 is 1.47 bits per heavy atom. The highest BCUT2D eigenvalue weighted by atomic mass is 35.5. The maximum atomic E-state index is 11.2. The molecule has 0 N–H and O–H groups in total. The first kappa shape index (κ1) is 10.9. The van der Waals surface area contributed by atoms with Crippen molar-refractivity contribution in [1.29, 1.82) is 0 Å². The molecule has 1 aromatic rings. The third-order valence-electron chi connectivity index (χ3n) is 2.49. The Labute approximate surface area is 96.9 Å². The lowest BCUT2D eigenvalue weighted by Gasteiger charge is -2.28. The van der Waals surface area contributed by atoms with Crippen molar-refractivity contribution in [2.75, 3.05) is 29.5 Å². The van der Waals surface area contributed by atoms with E-state index in [0.717, 1.165) is 36.0 Å². The van der Waals surface area contributed by atoms with E-state index in [1.807, 2.05) is 12.1 Å². The van der Waals surface area contributed by atoms with Crippen LogP contribution in [0, 0.1) is 0 Å². The van der Waals surface area contributed by atoms with Crippen LogP contribution in [0.1, 0.15) is 5.56 Å². The molecule has 0 spiro atoms. The molecule has 2 heterocycles. The molecule has 1 saturated heterocycles. The highest BCUT2D eigenvalue weighted by Gasteiger charge is 2.18. The van der Waals surface area contributed by atoms with Crippen molar-refractivity contribution in [2.24, 2.45) is 0 Å². The van der Waals surface area contributed by atoms with E-state index in [9.17, 15) is 4.21 Å². The number of alkyl halides is 1. The number of hydrogen-bond acceptors (Lipinski definition) is 3. The summed E-state index contributed by atoms with van der Waals surface area (Å²) in [6.45, 7) is 1.63. The molecule has 5 heteroatoms. The van der Waals surface area contributed by atoms with Crippen LogP contribution in [-0.2, 0) is 16.7 Å². The van der Waals surface area contributed by atoms with E-state index >= 15 is 0 Å². The normalized spacial score (nSPS) is 18.1. The number of aromatic nitrogens is 1. The Morgan fingerprint density at radius 2 is 2.20 bits per heavy atom. The fourth-order valence-electron chi connectivity index (χ4n) is 1.67. The zero-order valence-corrected chi connectivity index (χ0v) is 9.93. The van der Waals surface area contributed by atoms with Crippen LogP contribution in [0.25, 0.3) is 0 Å². The lowest BCUT2D eigenvalue weighted by molar-refractivity contribution is 0.672. The molecule has 2 rings (SSSR count). The Hall–Kier alpha value is -0.610.